The van der Waals surface area contributed by atoms with Crippen molar-refractivity contribution in [1.82, 2.24) is 10.3 Å². The average molecular weight is 266 g/mol. The molecule has 0 atom stereocenters. The van der Waals surface area contributed by atoms with Crippen LogP contribution in [0.3, 0.4) is 0 Å². The van der Waals surface area contributed by atoms with Crippen molar-refractivity contribution in [1.29, 1.82) is 0 Å². The monoisotopic (exact) mass is 266 g/mol. The molecule has 0 aliphatic rings. The van der Waals surface area contributed by atoms with Gasteiger partial charge in [-0.2, -0.15) is 0 Å². The fourth-order valence-electron chi connectivity index (χ4n) is 1.44. The van der Waals surface area contributed by atoms with Crippen LogP contribution < -0.4 is 5.32 Å². The van der Waals surface area contributed by atoms with Crippen molar-refractivity contribution in [2.75, 3.05) is 7.11 Å². The highest BCUT2D eigenvalue weighted by atomic mass is 32.1. The first kappa shape index (κ1) is 12.8. The molecule has 0 aliphatic carbocycles. The Hall–Kier alpha value is -1.66. The van der Waals surface area contributed by atoms with Gasteiger partial charge in [-0.05, 0) is 18.6 Å². The van der Waals surface area contributed by atoms with Gasteiger partial charge in [-0.3, -0.25) is 4.79 Å². The summed E-state index contributed by atoms with van der Waals surface area (Å²) in [6.07, 6.45) is 1.61. The summed E-state index contributed by atoms with van der Waals surface area (Å²) >= 11 is 1.41. The molecule has 0 unspecified atom stereocenters. The average Bonchev–Trinajstić information content (AvgIpc) is 2.96. The fraction of sp³-hybridized carbons (Fsp3) is 0.333. The number of hydrogen-bond donors (Lipinski definition) is 1. The standard InChI is InChI=1S/C12H14N2O3S/c1-8-3-4-17-10(8)5-13-12(15)9-7-18-11(14-9)6-16-2/h3-4,7H,5-6H2,1-2H3,(H,13,15). The third-order valence-corrected chi connectivity index (χ3v) is 3.25. The number of aromatic nitrogens is 1. The summed E-state index contributed by atoms with van der Waals surface area (Å²) in [5, 5.41) is 5.28. The maximum absolute atomic E-state index is 11.8. The highest BCUT2D eigenvalue weighted by Gasteiger charge is 2.11. The van der Waals surface area contributed by atoms with Gasteiger partial charge >= 0.3 is 0 Å². The van der Waals surface area contributed by atoms with Gasteiger partial charge in [-0.15, -0.1) is 11.3 Å². The van der Waals surface area contributed by atoms with Gasteiger partial charge in [0.15, 0.2) is 0 Å². The number of carbonyl (C=O) groups is 1. The van der Waals surface area contributed by atoms with Crippen molar-refractivity contribution in [3.8, 4) is 0 Å². The summed E-state index contributed by atoms with van der Waals surface area (Å²) < 4.78 is 10.2. The minimum atomic E-state index is -0.204. The molecule has 0 saturated carbocycles. The second-order valence-electron chi connectivity index (χ2n) is 3.77. The lowest BCUT2D eigenvalue weighted by molar-refractivity contribution is 0.0943. The van der Waals surface area contributed by atoms with Crippen LogP contribution in [-0.4, -0.2) is 18.0 Å². The van der Waals surface area contributed by atoms with Crippen molar-refractivity contribution in [2.24, 2.45) is 0 Å². The highest BCUT2D eigenvalue weighted by molar-refractivity contribution is 7.09. The number of nitrogens with one attached hydrogen (secondary N) is 1. The van der Waals surface area contributed by atoms with Gasteiger partial charge in [-0.25, -0.2) is 4.98 Å². The molecule has 2 rings (SSSR count). The number of amides is 1. The van der Waals surface area contributed by atoms with Gasteiger partial charge < -0.3 is 14.5 Å². The van der Waals surface area contributed by atoms with E-state index in [0.29, 0.717) is 18.8 Å². The molecular formula is C12H14N2O3S. The van der Waals surface area contributed by atoms with E-state index in [1.54, 1.807) is 18.8 Å². The molecule has 0 aliphatic heterocycles. The van der Waals surface area contributed by atoms with E-state index >= 15 is 0 Å². The van der Waals surface area contributed by atoms with Crippen molar-refractivity contribution in [3.05, 3.63) is 39.7 Å². The Morgan fingerprint density at radius 2 is 2.44 bits per heavy atom. The third kappa shape index (κ3) is 2.96. The van der Waals surface area contributed by atoms with Crippen molar-refractivity contribution >= 4 is 17.2 Å². The molecule has 0 fully saturated rings. The SMILES string of the molecule is COCc1nc(C(=O)NCc2occc2C)cs1. The lowest BCUT2D eigenvalue weighted by Crippen LogP contribution is -2.23. The van der Waals surface area contributed by atoms with E-state index in [9.17, 15) is 4.79 Å². The zero-order valence-corrected chi connectivity index (χ0v) is 11.0. The van der Waals surface area contributed by atoms with Crippen LogP contribution in [0.2, 0.25) is 0 Å². The molecule has 0 aromatic carbocycles. The van der Waals surface area contributed by atoms with Crippen LogP contribution in [0.1, 0.15) is 26.8 Å². The molecule has 0 radical (unpaired) electrons. The first-order valence-corrected chi connectivity index (χ1v) is 6.33. The van der Waals surface area contributed by atoms with Gasteiger partial charge in [0.2, 0.25) is 0 Å². The number of aryl methyl sites for hydroxylation is 1. The minimum absolute atomic E-state index is 0.204. The first-order valence-electron chi connectivity index (χ1n) is 5.45. The summed E-state index contributed by atoms with van der Waals surface area (Å²) in [4.78, 5) is 16.0. The minimum Gasteiger partial charge on any atom is -0.467 e. The molecule has 5 nitrogen and oxygen atoms in total. The second-order valence-corrected chi connectivity index (χ2v) is 4.71. The van der Waals surface area contributed by atoms with Gasteiger partial charge in [0.25, 0.3) is 5.91 Å². The third-order valence-electron chi connectivity index (χ3n) is 2.43. The highest BCUT2D eigenvalue weighted by Crippen LogP contribution is 2.12. The Kier molecular flexibility index (Phi) is 4.11. The molecule has 0 spiro atoms. The van der Waals surface area contributed by atoms with E-state index in [4.69, 9.17) is 9.15 Å². The van der Waals surface area contributed by atoms with Crippen molar-refractivity contribution in [3.63, 3.8) is 0 Å². The van der Waals surface area contributed by atoms with E-state index in [2.05, 4.69) is 10.3 Å². The Morgan fingerprint density at radius 1 is 1.61 bits per heavy atom. The topological polar surface area (TPSA) is 64.4 Å². The molecular weight excluding hydrogens is 252 g/mol. The molecule has 6 heteroatoms. The van der Waals surface area contributed by atoms with Crippen LogP contribution in [0.5, 0.6) is 0 Å². The number of carbonyl (C=O) groups excluding carboxylic acids is 1. The van der Waals surface area contributed by atoms with Crippen LogP contribution in [-0.2, 0) is 17.9 Å². The normalized spacial score (nSPS) is 10.6. The number of methoxy groups -OCH3 is 1. The summed E-state index contributed by atoms with van der Waals surface area (Å²) in [6.45, 7) is 2.73. The van der Waals surface area contributed by atoms with Crippen LogP contribution in [0.4, 0.5) is 0 Å². The molecule has 2 heterocycles. The van der Waals surface area contributed by atoms with Crippen LogP contribution in [0.15, 0.2) is 22.1 Å². The van der Waals surface area contributed by atoms with Crippen molar-refractivity contribution in [2.45, 2.75) is 20.1 Å². The summed E-state index contributed by atoms with van der Waals surface area (Å²) in [5.41, 5.74) is 1.44. The summed E-state index contributed by atoms with van der Waals surface area (Å²) in [5.74, 6) is 0.556. The Bertz CT molecular complexity index is 533. The molecule has 96 valence electrons. The zero-order chi connectivity index (χ0) is 13.0. The maximum Gasteiger partial charge on any atom is 0.271 e. The van der Waals surface area contributed by atoms with Gasteiger partial charge in [0.05, 0.1) is 19.4 Å². The zero-order valence-electron chi connectivity index (χ0n) is 10.2. The number of furan rings is 1. The van der Waals surface area contributed by atoms with E-state index in [0.717, 1.165) is 16.3 Å². The predicted molar refractivity (Wildman–Crippen MR) is 67.4 cm³/mol. The largest absolute Gasteiger partial charge is 0.467 e. The molecule has 0 bridgehead atoms. The number of ether oxygens (including phenoxy) is 1. The van der Waals surface area contributed by atoms with Crippen LogP contribution >= 0.6 is 11.3 Å². The van der Waals surface area contributed by atoms with E-state index < -0.39 is 0 Å². The van der Waals surface area contributed by atoms with Crippen molar-refractivity contribution < 1.29 is 13.9 Å². The number of rotatable bonds is 5. The number of nitrogens with zero attached hydrogens (tertiary/aromatic N) is 1. The quantitative estimate of drug-likeness (QED) is 0.900. The van der Waals surface area contributed by atoms with Gasteiger partial charge in [0.1, 0.15) is 16.5 Å². The smallest absolute Gasteiger partial charge is 0.271 e. The molecule has 2 aromatic heterocycles. The Labute approximate surface area is 109 Å². The summed E-state index contributed by atoms with van der Waals surface area (Å²) in [7, 11) is 1.60. The number of thiazole rings is 1. The fourth-order valence-corrected chi connectivity index (χ4v) is 2.19. The first-order chi connectivity index (χ1) is 8.70. The van der Waals surface area contributed by atoms with Gasteiger partial charge in [-0.1, -0.05) is 0 Å². The lowest BCUT2D eigenvalue weighted by atomic mass is 10.3. The van der Waals surface area contributed by atoms with E-state index in [1.807, 2.05) is 13.0 Å². The maximum atomic E-state index is 11.8. The van der Waals surface area contributed by atoms with Gasteiger partial charge in [0, 0.05) is 12.5 Å². The van der Waals surface area contributed by atoms with E-state index in [1.165, 1.54) is 11.3 Å². The van der Waals surface area contributed by atoms with Crippen LogP contribution in [0.25, 0.3) is 0 Å². The number of hydrogen-bond acceptors (Lipinski definition) is 5. The lowest BCUT2D eigenvalue weighted by Gasteiger charge is -2.01. The Morgan fingerprint density at radius 3 is 3.11 bits per heavy atom. The van der Waals surface area contributed by atoms with E-state index in [-0.39, 0.29) is 5.91 Å². The molecule has 2 aromatic rings. The molecule has 1 amide bonds. The molecule has 18 heavy (non-hydrogen) atoms. The predicted octanol–water partition coefficient (Wildman–Crippen LogP) is 2.12. The second kappa shape index (κ2) is 5.79. The molecule has 1 N–H and O–H groups in total. The summed E-state index contributed by atoms with van der Waals surface area (Å²) in [6, 6.07) is 1.86. The molecule has 0 saturated heterocycles. The van der Waals surface area contributed by atoms with Crippen LogP contribution in [0, 0.1) is 6.92 Å². The Balaban J connectivity index is 1.93.